The molecule has 1 atom stereocenters. The highest BCUT2D eigenvalue weighted by molar-refractivity contribution is 5.78. The highest BCUT2D eigenvalue weighted by Crippen LogP contribution is 2.22. The van der Waals surface area contributed by atoms with E-state index >= 15 is 0 Å². The minimum atomic E-state index is -0.262. The summed E-state index contributed by atoms with van der Waals surface area (Å²) in [5, 5.41) is 3.06. The first-order valence-corrected chi connectivity index (χ1v) is 8.37. The molecule has 2 saturated heterocycles. The molecule has 23 heavy (non-hydrogen) atoms. The van der Waals surface area contributed by atoms with Crippen LogP contribution >= 0.6 is 0 Å². The van der Waals surface area contributed by atoms with Crippen LogP contribution in [0.4, 0.5) is 10.2 Å². The van der Waals surface area contributed by atoms with Crippen molar-refractivity contribution in [3.63, 3.8) is 0 Å². The van der Waals surface area contributed by atoms with Crippen LogP contribution < -0.4 is 10.2 Å². The van der Waals surface area contributed by atoms with E-state index in [1.165, 1.54) is 6.07 Å². The summed E-state index contributed by atoms with van der Waals surface area (Å²) < 4.78 is 18.6. The van der Waals surface area contributed by atoms with Gasteiger partial charge in [-0.3, -0.25) is 4.79 Å². The van der Waals surface area contributed by atoms with E-state index in [-0.39, 0.29) is 17.6 Å². The Morgan fingerprint density at radius 3 is 2.83 bits per heavy atom. The molecule has 0 bridgehead atoms. The largest absolute Gasteiger partial charge is 0.381 e. The molecule has 0 radical (unpaired) electrons. The van der Waals surface area contributed by atoms with Gasteiger partial charge in [0.15, 0.2) is 0 Å². The van der Waals surface area contributed by atoms with Crippen molar-refractivity contribution in [1.82, 2.24) is 10.3 Å². The molecule has 2 fully saturated rings. The minimum Gasteiger partial charge on any atom is -0.381 e. The Bertz CT molecular complexity index is 553. The van der Waals surface area contributed by atoms with Gasteiger partial charge in [-0.05, 0) is 44.2 Å². The normalized spacial score (nSPS) is 22.3. The van der Waals surface area contributed by atoms with E-state index in [0.717, 1.165) is 44.7 Å². The molecule has 2 aliphatic rings. The topological polar surface area (TPSA) is 54.5 Å². The fourth-order valence-electron chi connectivity index (χ4n) is 3.20. The van der Waals surface area contributed by atoms with Crippen molar-refractivity contribution in [2.75, 3.05) is 37.7 Å². The second-order valence-electron chi connectivity index (χ2n) is 6.47. The maximum absolute atomic E-state index is 13.3. The molecule has 126 valence electrons. The third-order valence-electron chi connectivity index (χ3n) is 4.81. The molecular weight excluding hydrogens is 297 g/mol. The number of nitrogens with zero attached hydrogens (tertiary/aromatic N) is 2. The first-order valence-electron chi connectivity index (χ1n) is 8.37. The Morgan fingerprint density at radius 1 is 1.39 bits per heavy atom. The van der Waals surface area contributed by atoms with E-state index in [1.54, 1.807) is 13.0 Å². The van der Waals surface area contributed by atoms with Gasteiger partial charge in [0.2, 0.25) is 5.91 Å². The van der Waals surface area contributed by atoms with E-state index < -0.39 is 0 Å². The smallest absolute Gasteiger partial charge is 0.225 e. The number of nitrogens with one attached hydrogen (secondary N) is 1. The molecule has 0 unspecified atom stereocenters. The predicted octanol–water partition coefficient (Wildman–Crippen LogP) is 1.90. The molecule has 1 N–H and O–H groups in total. The SMILES string of the molecule is Cc1nc(N2CCC(CNC(=O)[C@H]3CCOC3)CC2)ccc1F. The number of halogens is 1. The molecule has 1 aromatic heterocycles. The van der Waals surface area contributed by atoms with Crippen molar-refractivity contribution in [3.8, 4) is 0 Å². The number of hydrogen-bond donors (Lipinski definition) is 1. The highest BCUT2D eigenvalue weighted by Gasteiger charge is 2.25. The molecule has 5 nitrogen and oxygen atoms in total. The lowest BCUT2D eigenvalue weighted by molar-refractivity contribution is -0.125. The van der Waals surface area contributed by atoms with E-state index in [4.69, 9.17) is 4.74 Å². The molecule has 3 heterocycles. The molecule has 2 aliphatic heterocycles. The van der Waals surface area contributed by atoms with Gasteiger partial charge in [-0.25, -0.2) is 9.37 Å². The van der Waals surface area contributed by atoms with Crippen molar-refractivity contribution in [3.05, 3.63) is 23.6 Å². The molecule has 0 saturated carbocycles. The highest BCUT2D eigenvalue weighted by atomic mass is 19.1. The van der Waals surface area contributed by atoms with Gasteiger partial charge in [0.05, 0.1) is 18.2 Å². The van der Waals surface area contributed by atoms with Crippen LogP contribution in [0.25, 0.3) is 0 Å². The van der Waals surface area contributed by atoms with Crippen molar-refractivity contribution in [1.29, 1.82) is 0 Å². The van der Waals surface area contributed by atoms with Gasteiger partial charge in [0.25, 0.3) is 0 Å². The molecule has 6 heteroatoms. The Balaban J connectivity index is 1.44. The van der Waals surface area contributed by atoms with Crippen LogP contribution in [0.2, 0.25) is 0 Å². The van der Waals surface area contributed by atoms with Crippen molar-refractivity contribution < 1.29 is 13.9 Å². The number of amides is 1. The average molecular weight is 321 g/mol. The summed E-state index contributed by atoms with van der Waals surface area (Å²) in [7, 11) is 0. The Morgan fingerprint density at radius 2 is 2.17 bits per heavy atom. The lowest BCUT2D eigenvalue weighted by Crippen LogP contribution is -2.40. The zero-order valence-corrected chi connectivity index (χ0v) is 13.6. The molecule has 0 spiro atoms. The lowest BCUT2D eigenvalue weighted by Gasteiger charge is -2.33. The van der Waals surface area contributed by atoms with Gasteiger partial charge in [-0.1, -0.05) is 0 Å². The molecule has 0 aliphatic carbocycles. The van der Waals surface area contributed by atoms with Crippen LogP contribution in [0.1, 0.15) is 25.0 Å². The molecular formula is C17H24FN3O2. The van der Waals surface area contributed by atoms with Gasteiger partial charge >= 0.3 is 0 Å². The average Bonchev–Trinajstić information content (AvgIpc) is 3.10. The fourth-order valence-corrected chi connectivity index (χ4v) is 3.20. The third-order valence-corrected chi connectivity index (χ3v) is 4.81. The number of carbonyl (C=O) groups is 1. The number of aromatic nitrogens is 1. The van der Waals surface area contributed by atoms with Crippen molar-refractivity contribution in [2.24, 2.45) is 11.8 Å². The second kappa shape index (κ2) is 7.25. The number of anilines is 1. The summed E-state index contributed by atoms with van der Waals surface area (Å²) in [5.41, 5.74) is 0.440. The maximum Gasteiger partial charge on any atom is 0.225 e. The summed E-state index contributed by atoms with van der Waals surface area (Å²) in [5.74, 6) is 1.23. The van der Waals surface area contributed by atoms with Crippen LogP contribution in [-0.4, -0.2) is 43.7 Å². The number of aryl methyl sites for hydroxylation is 1. The summed E-state index contributed by atoms with van der Waals surface area (Å²) >= 11 is 0. The number of piperidine rings is 1. The molecule has 1 amide bonds. The Labute approximate surface area is 136 Å². The first-order chi connectivity index (χ1) is 11.1. The molecule has 1 aromatic rings. The lowest BCUT2D eigenvalue weighted by atomic mass is 9.96. The van der Waals surface area contributed by atoms with Gasteiger partial charge in [-0.2, -0.15) is 0 Å². The minimum absolute atomic E-state index is 0.0291. The number of ether oxygens (including phenoxy) is 1. The summed E-state index contributed by atoms with van der Waals surface area (Å²) in [4.78, 5) is 18.5. The maximum atomic E-state index is 13.3. The third kappa shape index (κ3) is 3.99. The zero-order valence-electron chi connectivity index (χ0n) is 13.6. The van der Waals surface area contributed by atoms with E-state index in [1.807, 2.05) is 0 Å². The molecule has 0 aromatic carbocycles. The number of pyridine rings is 1. The van der Waals surface area contributed by atoms with Gasteiger partial charge < -0.3 is 15.0 Å². The number of carbonyl (C=O) groups excluding carboxylic acids is 1. The van der Waals surface area contributed by atoms with Gasteiger partial charge in [-0.15, -0.1) is 0 Å². The van der Waals surface area contributed by atoms with Crippen LogP contribution in [0.15, 0.2) is 12.1 Å². The standard InChI is InChI=1S/C17H24FN3O2/c1-12-15(18)2-3-16(20-12)21-7-4-13(5-8-21)10-19-17(22)14-6-9-23-11-14/h2-3,13-14H,4-11H2,1H3,(H,19,22)/t14-/m0/s1. The van der Waals surface area contributed by atoms with Crippen molar-refractivity contribution >= 4 is 11.7 Å². The second-order valence-corrected chi connectivity index (χ2v) is 6.47. The number of rotatable bonds is 4. The quantitative estimate of drug-likeness (QED) is 0.920. The fraction of sp³-hybridized carbons (Fsp3) is 0.647. The summed E-state index contributed by atoms with van der Waals surface area (Å²) in [6.07, 6.45) is 2.86. The predicted molar refractivity (Wildman–Crippen MR) is 85.8 cm³/mol. The monoisotopic (exact) mass is 321 g/mol. The van der Waals surface area contributed by atoms with E-state index in [9.17, 15) is 9.18 Å². The van der Waals surface area contributed by atoms with Crippen molar-refractivity contribution in [2.45, 2.75) is 26.2 Å². The first kappa shape index (κ1) is 16.2. The van der Waals surface area contributed by atoms with Crippen LogP contribution in [0.5, 0.6) is 0 Å². The Hall–Kier alpha value is -1.69. The summed E-state index contributed by atoms with van der Waals surface area (Å²) in [6.45, 7) is 5.46. The van der Waals surface area contributed by atoms with E-state index in [0.29, 0.717) is 24.8 Å². The van der Waals surface area contributed by atoms with E-state index in [2.05, 4.69) is 15.2 Å². The van der Waals surface area contributed by atoms with Crippen LogP contribution in [0.3, 0.4) is 0 Å². The van der Waals surface area contributed by atoms with Gasteiger partial charge in [0, 0.05) is 26.2 Å². The zero-order chi connectivity index (χ0) is 16.2. The van der Waals surface area contributed by atoms with Crippen LogP contribution in [-0.2, 0) is 9.53 Å². The van der Waals surface area contributed by atoms with Gasteiger partial charge in [0.1, 0.15) is 11.6 Å². The molecule has 3 rings (SSSR count). The Kier molecular flexibility index (Phi) is 5.10. The van der Waals surface area contributed by atoms with Crippen LogP contribution in [0, 0.1) is 24.6 Å². The summed E-state index contributed by atoms with van der Waals surface area (Å²) in [6, 6.07) is 3.22. The number of hydrogen-bond acceptors (Lipinski definition) is 4.